The maximum Gasteiger partial charge on any atom is 0.471 e. The average Bonchev–Trinajstić information content (AvgIpc) is 3.10. The van der Waals surface area contributed by atoms with E-state index in [2.05, 4.69) is 21.2 Å². The lowest BCUT2D eigenvalue weighted by Crippen LogP contribution is -2.33. The Morgan fingerprint density at radius 3 is 2.58 bits per heavy atom. The second-order valence-corrected chi connectivity index (χ2v) is 5.32. The van der Waals surface area contributed by atoms with Gasteiger partial charge in [-0.2, -0.15) is 18.2 Å². The molecular weight excluding hydrogens is 351 g/mol. The van der Waals surface area contributed by atoms with Gasteiger partial charge in [-0.05, 0) is 12.5 Å². The van der Waals surface area contributed by atoms with E-state index in [1.54, 1.807) is 42.2 Å². The van der Waals surface area contributed by atoms with Crippen molar-refractivity contribution in [3.8, 4) is 11.4 Å². The molecule has 0 aliphatic heterocycles. The van der Waals surface area contributed by atoms with Gasteiger partial charge in [0.15, 0.2) is 0 Å². The summed E-state index contributed by atoms with van der Waals surface area (Å²) in [7, 11) is 0. The first-order chi connectivity index (χ1) is 12.3. The van der Waals surface area contributed by atoms with Crippen molar-refractivity contribution in [1.82, 2.24) is 15.0 Å². The molecule has 0 unspecified atom stereocenters. The van der Waals surface area contributed by atoms with Crippen molar-refractivity contribution in [1.29, 1.82) is 0 Å². The van der Waals surface area contributed by atoms with Crippen LogP contribution >= 0.6 is 0 Å². The highest BCUT2D eigenvalue weighted by Crippen LogP contribution is 2.29. The maximum atomic E-state index is 12.5. The molecule has 0 radical (unpaired) electrons. The van der Waals surface area contributed by atoms with Crippen LogP contribution in [0.1, 0.15) is 18.4 Å². The number of hydrogen-bond donors (Lipinski definition) is 0. The summed E-state index contributed by atoms with van der Waals surface area (Å²) in [5.74, 6) is -1.72. The quantitative estimate of drug-likeness (QED) is 0.668. The van der Waals surface area contributed by atoms with Crippen LogP contribution in [0.5, 0.6) is 0 Å². The van der Waals surface area contributed by atoms with Gasteiger partial charge in [0.1, 0.15) is 6.61 Å². The zero-order valence-corrected chi connectivity index (χ0v) is 14.1. The molecule has 0 fully saturated rings. The number of amides is 1. The van der Waals surface area contributed by atoms with Crippen molar-refractivity contribution in [3.63, 3.8) is 0 Å². The summed E-state index contributed by atoms with van der Waals surface area (Å²) < 4.78 is 46.9. The van der Waals surface area contributed by atoms with Gasteiger partial charge in [0.05, 0.1) is 0 Å². The monoisotopic (exact) mass is 369 g/mol. The van der Waals surface area contributed by atoms with Crippen LogP contribution < -0.4 is 0 Å². The van der Waals surface area contributed by atoms with Crippen molar-refractivity contribution in [2.24, 2.45) is 0 Å². The van der Waals surface area contributed by atoms with E-state index in [9.17, 15) is 18.0 Å². The number of aromatic nitrogens is 2. The number of benzene rings is 1. The third-order valence-corrected chi connectivity index (χ3v) is 3.39. The van der Waals surface area contributed by atoms with Gasteiger partial charge in [0.25, 0.3) is 0 Å². The Morgan fingerprint density at radius 1 is 1.35 bits per heavy atom. The van der Waals surface area contributed by atoms with Crippen molar-refractivity contribution in [3.05, 3.63) is 48.4 Å². The summed E-state index contributed by atoms with van der Waals surface area (Å²) in [6.45, 7) is 6.51. The minimum atomic E-state index is -4.68. The molecule has 1 aromatic heterocycles. The number of nitrogens with zero attached hydrogens (tertiary/aromatic N) is 3. The van der Waals surface area contributed by atoms with Crippen molar-refractivity contribution < 1.29 is 27.2 Å². The molecule has 2 rings (SSSR count). The fraction of sp³-hybridized carbons (Fsp3) is 0.353. The third-order valence-electron chi connectivity index (χ3n) is 3.39. The first kappa shape index (κ1) is 19.6. The fourth-order valence-electron chi connectivity index (χ4n) is 2.13. The van der Waals surface area contributed by atoms with Crippen LogP contribution in [-0.4, -0.2) is 40.7 Å². The summed E-state index contributed by atoms with van der Waals surface area (Å²) in [5, 5.41) is 3.33. The second kappa shape index (κ2) is 8.61. The van der Waals surface area contributed by atoms with E-state index in [1.165, 1.54) is 0 Å². The van der Waals surface area contributed by atoms with Crippen LogP contribution in [0.25, 0.3) is 11.4 Å². The lowest BCUT2D eigenvalue weighted by molar-refractivity contribution is -0.159. The second-order valence-electron chi connectivity index (χ2n) is 5.32. The number of hydrogen-bond acceptors (Lipinski definition) is 5. The summed E-state index contributed by atoms with van der Waals surface area (Å²) >= 11 is 0. The molecule has 1 heterocycles. The van der Waals surface area contributed by atoms with E-state index < -0.39 is 12.1 Å². The average molecular weight is 369 g/mol. The summed E-state index contributed by atoms with van der Waals surface area (Å²) in [6, 6.07) is 6.50. The molecule has 0 bridgehead atoms. The molecule has 0 saturated heterocycles. The Morgan fingerprint density at radius 2 is 2.04 bits per heavy atom. The van der Waals surface area contributed by atoms with Gasteiger partial charge in [0.2, 0.25) is 11.7 Å². The van der Waals surface area contributed by atoms with Crippen LogP contribution in [0.3, 0.4) is 0 Å². The van der Waals surface area contributed by atoms with Gasteiger partial charge in [0, 0.05) is 25.3 Å². The molecule has 140 valence electrons. The van der Waals surface area contributed by atoms with Crippen LogP contribution in [-0.2, 0) is 22.3 Å². The van der Waals surface area contributed by atoms with Crippen LogP contribution in [0, 0.1) is 0 Å². The number of ether oxygens (including phenoxy) is 1. The van der Waals surface area contributed by atoms with Crippen LogP contribution in [0.2, 0.25) is 0 Å². The molecular formula is C17H18F3N3O3. The topological polar surface area (TPSA) is 68.5 Å². The number of halogens is 3. The van der Waals surface area contributed by atoms with E-state index in [1.807, 2.05) is 0 Å². The van der Waals surface area contributed by atoms with E-state index in [-0.39, 0.29) is 18.3 Å². The van der Waals surface area contributed by atoms with Crippen molar-refractivity contribution in [2.45, 2.75) is 19.6 Å². The smallest absolute Gasteiger partial charge is 0.372 e. The molecule has 1 amide bonds. The van der Waals surface area contributed by atoms with E-state index in [0.29, 0.717) is 25.3 Å². The zero-order valence-electron chi connectivity index (χ0n) is 14.1. The predicted octanol–water partition coefficient (Wildman–Crippen LogP) is 3.31. The molecule has 0 aliphatic rings. The lowest BCUT2D eigenvalue weighted by atomic mass is 10.1. The summed E-state index contributed by atoms with van der Waals surface area (Å²) in [4.78, 5) is 17.0. The molecule has 0 N–H and O–H groups in total. The van der Waals surface area contributed by atoms with Crippen LogP contribution in [0.15, 0.2) is 41.4 Å². The molecule has 0 atom stereocenters. The predicted molar refractivity (Wildman–Crippen MR) is 86.8 cm³/mol. The molecule has 0 saturated carbocycles. The highest BCUT2D eigenvalue weighted by atomic mass is 19.4. The van der Waals surface area contributed by atoms with Crippen molar-refractivity contribution in [2.75, 3.05) is 19.8 Å². The van der Waals surface area contributed by atoms with E-state index in [4.69, 9.17) is 4.74 Å². The Balaban J connectivity index is 2.09. The van der Waals surface area contributed by atoms with Gasteiger partial charge in [-0.25, -0.2) is 0 Å². The SMILES string of the molecule is C=CCN(Cc1ccc(-c2noc(C(F)(F)F)n2)cc1)C(=O)COCC. The number of alkyl halides is 3. The zero-order chi connectivity index (χ0) is 19.2. The first-order valence-corrected chi connectivity index (χ1v) is 7.81. The minimum absolute atomic E-state index is 0.0223. The van der Waals surface area contributed by atoms with Gasteiger partial charge < -0.3 is 14.2 Å². The van der Waals surface area contributed by atoms with Gasteiger partial charge in [-0.15, -0.1) is 6.58 Å². The molecule has 0 aliphatic carbocycles. The Bertz CT molecular complexity index is 742. The minimum Gasteiger partial charge on any atom is -0.372 e. The highest BCUT2D eigenvalue weighted by Gasteiger charge is 2.38. The molecule has 9 heteroatoms. The largest absolute Gasteiger partial charge is 0.471 e. The molecule has 26 heavy (non-hydrogen) atoms. The number of carbonyl (C=O) groups is 1. The number of carbonyl (C=O) groups excluding carboxylic acids is 1. The molecule has 1 aromatic carbocycles. The first-order valence-electron chi connectivity index (χ1n) is 7.81. The summed E-state index contributed by atoms with van der Waals surface area (Å²) in [6.07, 6.45) is -3.08. The fourth-order valence-corrected chi connectivity index (χ4v) is 2.13. The van der Waals surface area contributed by atoms with Gasteiger partial charge in [-0.3, -0.25) is 4.79 Å². The van der Waals surface area contributed by atoms with Crippen LogP contribution in [0.4, 0.5) is 13.2 Å². The summed E-state index contributed by atoms with van der Waals surface area (Å²) in [5.41, 5.74) is 1.17. The van der Waals surface area contributed by atoms with E-state index >= 15 is 0 Å². The van der Waals surface area contributed by atoms with Gasteiger partial charge in [-0.1, -0.05) is 35.5 Å². The third kappa shape index (κ3) is 5.16. The standard InChI is InChI=1S/C17H18F3N3O3/c1-3-9-23(14(24)11-25-4-2)10-12-5-7-13(8-6-12)15-21-16(26-22-15)17(18,19)20/h3,5-8H,1,4,9-11H2,2H3. The maximum absolute atomic E-state index is 12.5. The Labute approximate surface area is 148 Å². The van der Waals surface area contributed by atoms with Gasteiger partial charge >= 0.3 is 12.1 Å². The van der Waals surface area contributed by atoms with E-state index in [0.717, 1.165) is 5.56 Å². The Kier molecular flexibility index (Phi) is 6.51. The van der Waals surface area contributed by atoms with Crippen molar-refractivity contribution >= 4 is 5.91 Å². The normalized spacial score (nSPS) is 11.4. The number of rotatable bonds is 8. The Hall–Kier alpha value is -2.68. The molecule has 0 spiro atoms. The molecule has 2 aromatic rings. The highest BCUT2D eigenvalue weighted by molar-refractivity contribution is 5.77. The molecule has 6 nitrogen and oxygen atoms in total. The lowest BCUT2D eigenvalue weighted by Gasteiger charge is -2.21.